The zero-order valence-electron chi connectivity index (χ0n) is 14.0. The molecule has 0 spiro atoms. The fraction of sp³-hybridized carbons (Fsp3) is 0.294. The molecule has 0 aliphatic carbocycles. The standard InChI is InChI=1S/C17H17ClF3N3O2/c1-10(2)23-16(25)24-12-3-5-13(6-4-12)26-9-15-14(18)7-11(8-22-15)17(19,20)21/h3-8,10H,9H2,1-2H3,(H2,23,24,25). The van der Waals surface area contributed by atoms with Gasteiger partial charge in [0.2, 0.25) is 0 Å². The molecule has 0 atom stereocenters. The molecule has 1 aromatic carbocycles. The van der Waals surface area contributed by atoms with Crippen LogP contribution in [0.1, 0.15) is 25.1 Å². The number of pyridine rings is 1. The number of benzene rings is 1. The number of urea groups is 1. The fourth-order valence-electron chi connectivity index (χ4n) is 1.94. The summed E-state index contributed by atoms with van der Waals surface area (Å²) in [4.78, 5) is 15.3. The van der Waals surface area contributed by atoms with Crippen LogP contribution in [0.3, 0.4) is 0 Å². The van der Waals surface area contributed by atoms with E-state index in [0.29, 0.717) is 17.6 Å². The number of nitrogens with zero attached hydrogens (tertiary/aromatic N) is 1. The van der Waals surface area contributed by atoms with E-state index in [-0.39, 0.29) is 29.4 Å². The molecule has 2 N–H and O–H groups in total. The smallest absolute Gasteiger partial charge is 0.417 e. The van der Waals surface area contributed by atoms with Crippen molar-refractivity contribution in [1.82, 2.24) is 10.3 Å². The lowest BCUT2D eigenvalue weighted by atomic mass is 10.2. The largest absolute Gasteiger partial charge is 0.487 e. The van der Waals surface area contributed by atoms with Crippen molar-refractivity contribution in [2.24, 2.45) is 0 Å². The second-order valence-electron chi connectivity index (χ2n) is 5.72. The van der Waals surface area contributed by atoms with E-state index in [1.807, 2.05) is 13.8 Å². The van der Waals surface area contributed by atoms with Gasteiger partial charge in [-0.3, -0.25) is 4.98 Å². The van der Waals surface area contributed by atoms with Gasteiger partial charge in [-0.05, 0) is 44.2 Å². The molecule has 2 rings (SSSR count). The average molecular weight is 388 g/mol. The molecular weight excluding hydrogens is 371 g/mol. The number of carbonyl (C=O) groups is 1. The van der Waals surface area contributed by atoms with E-state index in [0.717, 1.165) is 6.07 Å². The molecule has 0 fully saturated rings. The van der Waals surface area contributed by atoms with Gasteiger partial charge in [0.15, 0.2) is 0 Å². The van der Waals surface area contributed by atoms with Gasteiger partial charge < -0.3 is 15.4 Å². The van der Waals surface area contributed by atoms with E-state index in [1.165, 1.54) is 0 Å². The van der Waals surface area contributed by atoms with Crippen molar-refractivity contribution in [3.8, 4) is 5.75 Å². The molecule has 5 nitrogen and oxygen atoms in total. The van der Waals surface area contributed by atoms with Crippen molar-refractivity contribution in [2.45, 2.75) is 32.7 Å². The van der Waals surface area contributed by atoms with Gasteiger partial charge in [-0.25, -0.2) is 4.79 Å². The first kappa shape index (κ1) is 19.8. The van der Waals surface area contributed by atoms with Gasteiger partial charge in [0.05, 0.1) is 16.3 Å². The van der Waals surface area contributed by atoms with Gasteiger partial charge in [-0.1, -0.05) is 11.6 Å². The highest BCUT2D eigenvalue weighted by Crippen LogP contribution is 2.31. The molecule has 0 unspecified atom stereocenters. The van der Waals surface area contributed by atoms with E-state index in [9.17, 15) is 18.0 Å². The van der Waals surface area contributed by atoms with E-state index in [2.05, 4.69) is 15.6 Å². The summed E-state index contributed by atoms with van der Waals surface area (Å²) >= 11 is 5.83. The summed E-state index contributed by atoms with van der Waals surface area (Å²) in [5.41, 5.74) is -0.152. The van der Waals surface area contributed by atoms with Gasteiger partial charge in [0.25, 0.3) is 0 Å². The Labute approximate surface area is 153 Å². The monoisotopic (exact) mass is 387 g/mol. The Morgan fingerprint density at radius 1 is 1.27 bits per heavy atom. The van der Waals surface area contributed by atoms with Crippen molar-refractivity contribution in [3.05, 3.63) is 52.8 Å². The molecule has 2 amide bonds. The summed E-state index contributed by atoms with van der Waals surface area (Å²) < 4.78 is 43.2. The summed E-state index contributed by atoms with van der Waals surface area (Å²) in [7, 11) is 0. The highest BCUT2D eigenvalue weighted by Gasteiger charge is 2.31. The lowest BCUT2D eigenvalue weighted by Gasteiger charge is -2.12. The van der Waals surface area contributed by atoms with Crippen molar-refractivity contribution < 1.29 is 22.7 Å². The molecular formula is C17H17ClF3N3O2. The average Bonchev–Trinajstić information content (AvgIpc) is 2.53. The van der Waals surface area contributed by atoms with Crippen LogP contribution in [-0.4, -0.2) is 17.1 Å². The number of hydrogen-bond donors (Lipinski definition) is 2. The lowest BCUT2D eigenvalue weighted by Crippen LogP contribution is -2.34. The summed E-state index contributed by atoms with van der Waals surface area (Å²) in [6.45, 7) is 3.60. The minimum atomic E-state index is -4.50. The van der Waals surface area contributed by atoms with Crippen LogP contribution in [-0.2, 0) is 12.8 Å². The van der Waals surface area contributed by atoms with Gasteiger partial charge >= 0.3 is 12.2 Å². The van der Waals surface area contributed by atoms with Crippen LogP contribution in [0, 0.1) is 0 Å². The Bertz CT molecular complexity index is 765. The molecule has 1 aromatic heterocycles. The van der Waals surface area contributed by atoms with Crippen LogP contribution in [0.15, 0.2) is 36.5 Å². The maximum absolute atomic E-state index is 12.6. The number of aromatic nitrogens is 1. The number of nitrogens with one attached hydrogen (secondary N) is 2. The third-order valence-electron chi connectivity index (χ3n) is 3.15. The maximum Gasteiger partial charge on any atom is 0.417 e. The van der Waals surface area contributed by atoms with Crippen molar-refractivity contribution >= 4 is 23.3 Å². The minimum Gasteiger partial charge on any atom is -0.487 e. The van der Waals surface area contributed by atoms with Crippen molar-refractivity contribution in [2.75, 3.05) is 5.32 Å². The number of alkyl halides is 3. The predicted octanol–water partition coefficient (Wildman–Crippen LogP) is 4.86. The van der Waals surface area contributed by atoms with E-state index < -0.39 is 11.7 Å². The normalized spacial score (nSPS) is 11.3. The Kier molecular flexibility index (Phi) is 6.31. The second-order valence-corrected chi connectivity index (χ2v) is 6.12. The second kappa shape index (κ2) is 8.27. The molecule has 1 heterocycles. The maximum atomic E-state index is 12.6. The van der Waals surface area contributed by atoms with Crippen LogP contribution < -0.4 is 15.4 Å². The van der Waals surface area contributed by atoms with Gasteiger partial charge in [-0.15, -0.1) is 0 Å². The molecule has 0 saturated heterocycles. The number of hydrogen-bond acceptors (Lipinski definition) is 3. The Hall–Kier alpha value is -2.48. The summed E-state index contributed by atoms with van der Waals surface area (Å²) in [5.74, 6) is 0.456. The lowest BCUT2D eigenvalue weighted by molar-refractivity contribution is -0.137. The number of anilines is 1. The number of rotatable bonds is 5. The first-order chi connectivity index (χ1) is 12.1. The Balaban J connectivity index is 1.95. The quantitative estimate of drug-likeness (QED) is 0.769. The first-order valence-electron chi connectivity index (χ1n) is 7.67. The molecule has 140 valence electrons. The minimum absolute atomic E-state index is 0.0126. The highest BCUT2D eigenvalue weighted by atomic mass is 35.5. The first-order valence-corrected chi connectivity index (χ1v) is 8.05. The molecule has 0 aliphatic heterocycles. The molecule has 0 saturated carbocycles. The van der Waals surface area contributed by atoms with Crippen LogP contribution in [0.5, 0.6) is 5.75 Å². The molecule has 0 radical (unpaired) electrons. The zero-order chi connectivity index (χ0) is 19.3. The molecule has 26 heavy (non-hydrogen) atoms. The third kappa shape index (κ3) is 5.80. The third-order valence-corrected chi connectivity index (χ3v) is 3.48. The summed E-state index contributed by atoms with van der Waals surface area (Å²) in [6.07, 6.45) is -3.79. The fourth-order valence-corrected chi connectivity index (χ4v) is 2.16. The van der Waals surface area contributed by atoms with Crippen LogP contribution >= 0.6 is 11.6 Å². The Morgan fingerprint density at radius 2 is 1.92 bits per heavy atom. The molecule has 0 bridgehead atoms. The topological polar surface area (TPSA) is 63.2 Å². The van der Waals surface area contributed by atoms with Gasteiger partial charge in [0.1, 0.15) is 12.4 Å². The van der Waals surface area contributed by atoms with Crippen LogP contribution in [0.4, 0.5) is 23.7 Å². The number of halogens is 4. The predicted molar refractivity (Wildman–Crippen MR) is 92.3 cm³/mol. The zero-order valence-corrected chi connectivity index (χ0v) is 14.8. The van der Waals surface area contributed by atoms with Crippen molar-refractivity contribution in [3.63, 3.8) is 0 Å². The highest BCUT2D eigenvalue weighted by molar-refractivity contribution is 6.31. The Morgan fingerprint density at radius 3 is 2.46 bits per heavy atom. The van der Waals surface area contributed by atoms with Crippen molar-refractivity contribution in [1.29, 1.82) is 0 Å². The van der Waals surface area contributed by atoms with E-state index >= 15 is 0 Å². The van der Waals surface area contributed by atoms with Crippen LogP contribution in [0.25, 0.3) is 0 Å². The van der Waals surface area contributed by atoms with Gasteiger partial charge in [0, 0.05) is 17.9 Å². The SMILES string of the molecule is CC(C)NC(=O)Nc1ccc(OCc2ncc(C(F)(F)F)cc2Cl)cc1. The number of ether oxygens (including phenoxy) is 1. The van der Waals surface area contributed by atoms with E-state index in [1.54, 1.807) is 24.3 Å². The molecule has 2 aromatic rings. The molecule has 0 aliphatic rings. The van der Waals surface area contributed by atoms with Crippen LogP contribution in [0.2, 0.25) is 5.02 Å². The number of carbonyl (C=O) groups excluding carboxylic acids is 1. The summed E-state index contributed by atoms with van der Waals surface area (Å²) in [5, 5.41) is 5.23. The van der Waals surface area contributed by atoms with E-state index in [4.69, 9.17) is 16.3 Å². The number of amides is 2. The van der Waals surface area contributed by atoms with Gasteiger partial charge in [-0.2, -0.15) is 13.2 Å². The summed E-state index contributed by atoms with van der Waals surface area (Å²) in [6, 6.07) is 7.00. The molecule has 9 heteroatoms.